The van der Waals surface area contributed by atoms with Gasteiger partial charge in [0.05, 0.1) is 18.9 Å². The predicted molar refractivity (Wildman–Crippen MR) is 86.3 cm³/mol. The first-order valence-electron chi connectivity index (χ1n) is 7.68. The quantitative estimate of drug-likeness (QED) is 0.818. The topological polar surface area (TPSA) is 47.7 Å². The summed E-state index contributed by atoms with van der Waals surface area (Å²) in [5, 5.41) is 0. The predicted octanol–water partition coefficient (Wildman–Crippen LogP) is 3.10. The number of aryl methyl sites for hydroxylation is 2. The van der Waals surface area contributed by atoms with Crippen LogP contribution in [0.4, 0.5) is 5.69 Å². The maximum absolute atomic E-state index is 6.10. The summed E-state index contributed by atoms with van der Waals surface area (Å²) < 4.78 is 11.3. The standard InChI is InChI=1S/C17H26N2O2/c1-4-15-12-17(13(2)11-16(15)18)21-14(3)5-6-19-7-9-20-10-8-19/h7,9,11-12,14H,4-6,8,10,18H2,1-3H3. The monoisotopic (exact) mass is 290 g/mol. The van der Waals surface area contributed by atoms with E-state index in [-0.39, 0.29) is 6.10 Å². The van der Waals surface area contributed by atoms with Gasteiger partial charge in [0.2, 0.25) is 0 Å². The van der Waals surface area contributed by atoms with Crippen molar-refractivity contribution in [3.05, 3.63) is 35.7 Å². The summed E-state index contributed by atoms with van der Waals surface area (Å²) in [6.45, 7) is 8.97. The summed E-state index contributed by atoms with van der Waals surface area (Å²) >= 11 is 0. The van der Waals surface area contributed by atoms with Gasteiger partial charge in [-0.2, -0.15) is 0 Å². The van der Waals surface area contributed by atoms with Gasteiger partial charge in [-0.3, -0.25) is 0 Å². The van der Waals surface area contributed by atoms with Crippen LogP contribution >= 0.6 is 0 Å². The smallest absolute Gasteiger partial charge is 0.123 e. The number of hydrogen-bond donors (Lipinski definition) is 1. The Balaban J connectivity index is 1.91. The minimum atomic E-state index is 0.174. The first kappa shape index (κ1) is 15.5. The number of benzene rings is 1. The molecule has 4 heteroatoms. The molecule has 21 heavy (non-hydrogen) atoms. The van der Waals surface area contributed by atoms with Crippen LogP contribution in [0.1, 0.15) is 31.4 Å². The summed E-state index contributed by atoms with van der Waals surface area (Å²) in [7, 11) is 0. The van der Waals surface area contributed by atoms with E-state index in [0.29, 0.717) is 0 Å². The third kappa shape index (κ3) is 4.31. The molecular weight excluding hydrogens is 264 g/mol. The molecule has 0 amide bonds. The highest BCUT2D eigenvalue weighted by Gasteiger charge is 2.11. The Morgan fingerprint density at radius 1 is 1.43 bits per heavy atom. The molecule has 4 nitrogen and oxygen atoms in total. The van der Waals surface area contributed by atoms with Crippen molar-refractivity contribution in [2.24, 2.45) is 0 Å². The number of rotatable bonds is 6. The minimum Gasteiger partial charge on any atom is -0.498 e. The zero-order valence-electron chi connectivity index (χ0n) is 13.3. The van der Waals surface area contributed by atoms with Crippen LogP contribution in [0.25, 0.3) is 0 Å². The van der Waals surface area contributed by atoms with Crippen LogP contribution in [0.5, 0.6) is 5.75 Å². The average molecular weight is 290 g/mol. The molecule has 0 radical (unpaired) electrons. The SMILES string of the molecule is CCc1cc(OC(C)CCN2C=COCC2)c(C)cc1N. The third-order valence-electron chi connectivity index (χ3n) is 3.83. The first-order valence-corrected chi connectivity index (χ1v) is 7.68. The van der Waals surface area contributed by atoms with Crippen molar-refractivity contribution in [2.75, 3.05) is 25.4 Å². The lowest BCUT2D eigenvalue weighted by Crippen LogP contribution is -2.29. The van der Waals surface area contributed by atoms with Crippen molar-refractivity contribution in [1.82, 2.24) is 4.90 Å². The van der Waals surface area contributed by atoms with Gasteiger partial charge >= 0.3 is 0 Å². The molecule has 0 aliphatic carbocycles. The summed E-state index contributed by atoms with van der Waals surface area (Å²) in [5.74, 6) is 0.950. The molecule has 0 saturated heterocycles. The first-order chi connectivity index (χ1) is 10.1. The van der Waals surface area contributed by atoms with Gasteiger partial charge in [0.25, 0.3) is 0 Å². The van der Waals surface area contributed by atoms with Crippen LogP contribution in [-0.2, 0) is 11.2 Å². The van der Waals surface area contributed by atoms with Crippen molar-refractivity contribution in [2.45, 2.75) is 39.7 Å². The molecule has 116 valence electrons. The molecule has 0 aromatic heterocycles. The van der Waals surface area contributed by atoms with Crippen molar-refractivity contribution in [3.8, 4) is 5.75 Å². The lowest BCUT2D eigenvalue weighted by atomic mass is 10.1. The summed E-state index contributed by atoms with van der Waals surface area (Å²) in [5.41, 5.74) is 9.11. The Morgan fingerprint density at radius 3 is 2.90 bits per heavy atom. The molecule has 1 aliphatic rings. The lowest BCUT2D eigenvalue weighted by Gasteiger charge is -2.25. The number of nitrogens with two attached hydrogens (primary N) is 1. The normalized spacial score (nSPS) is 15.7. The molecule has 1 heterocycles. The highest BCUT2D eigenvalue weighted by atomic mass is 16.5. The van der Waals surface area contributed by atoms with Gasteiger partial charge in [0, 0.05) is 24.9 Å². The molecule has 1 atom stereocenters. The van der Waals surface area contributed by atoms with Gasteiger partial charge in [0.1, 0.15) is 12.4 Å². The van der Waals surface area contributed by atoms with Crippen LogP contribution in [0.2, 0.25) is 0 Å². The van der Waals surface area contributed by atoms with E-state index in [4.69, 9.17) is 15.2 Å². The molecule has 1 unspecified atom stereocenters. The van der Waals surface area contributed by atoms with Gasteiger partial charge in [0.15, 0.2) is 0 Å². The van der Waals surface area contributed by atoms with E-state index in [1.54, 1.807) is 6.26 Å². The van der Waals surface area contributed by atoms with Crippen LogP contribution in [0.3, 0.4) is 0 Å². The van der Waals surface area contributed by atoms with Crippen molar-refractivity contribution >= 4 is 5.69 Å². The van der Waals surface area contributed by atoms with E-state index < -0.39 is 0 Å². The second-order valence-corrected chi connectivity index (χ2v) is 5.58. The molecule has 1 aromatic carbocycles. The maximum atomic E-state index is 6.10. The molecule has 1 aliphatic heterocycles. The fraction of sp³-hybridized carbons (Fsp3) is 0.529. The highest BCUT2D eigenvalue weighted by Crippen LogP contribution is 2.26. The van der Waals surface area contributed by atoms with Crippen molar-refractivity contribution in [3.63, 3.8) is 0 Å². The Kier molecular flexibility index (Phi) is 5.37. The molecular formula is C17H26N2O2. The van der Waals surface area contributed by atoms with E-state index in [1.807, 2.05) is 19.2 Å². The van der Waals surface area contributed by atoms with E-state index in [9.17, 15) is 0 Å². The number of hydrogen-bond acceptors (Lipinski definition) is 4. The van der Waals surface area contributed by atoms with Crippen LogP contribution in [0.15, 0.2) is 24.6 Å². The summed E-state index contributed by atoms with van der Waals surface area (Å²) in [6, 6.07) is 4.08. The largest absolute Gasteiger partial charge is 0.498 e. The molecule has 0 fully saturated rings. The highest BCUT2D eigenvalue weighted by molar-refractivity contribution is 5.54. The Morgan fingerprint density at radius 2 is 2.24 bits per heavy atom. The van der Waals surface area contributed by atoms with Gasteiger partial charge in [-0.15, -0.1) is 0 Å². The number of nitrogens with zero attached hydrogens (tertiary/aromatic N) is 1. The molecule has 2 N–H and O–H groups in total. The van der Waals surface area contributed by atoms with Crippen molar-refractivity contribution < 1.29 is 9.47 Å². The van der Waals surface area contributed by atoms with Gasteiger partial charge in [-0.25, -0.2) is 0 Å². The fourth-order valence-electron chi connectivity index (χ4n) is 2.44. The number of anilines is 1. The van der Waals surface area contributed by atoms with Gasteiger partial charge in [-0.05, 0) is 43.5 Å². The molecule has 2 rings (SSSR count). The molecule has 1 aromatic rings. The Hall–Kier alpha value is -1.84. The number of ether oxygens (including phenoxy) is 2. The average Bonchev–Trinajstić information content (AvgIpc) is 2.49. The number of nitrogen functional groups attached to an aromatic ring is 1. The molecule has 0 saturated carbocycles. The maximum Gasteiger partial charge on any atom is 0.123 e. The van der Waals surface area contributed by atoms with Crippen LogP contribution in [0, 0.1) is 6.92 Å². The van der Waals surface area contributed by atoms with Gasteiger partial charge in [-0.1, -0.05) is 6.92 Å². The third-order valence-corrected chi connectivity index (χ3v) is 3.83. The zero-order valence-corrected chi connectivity index (χ0v) is 13.3. The van der Waals surface area contributed by atoms with Crippen LogP contribution in [-0.4, -0.2) is 30.7 Å². The molecule has 0 bridgehead atoms. The van der Waals surface area contributed by atoms with Crippen LogP contribution < -0.4 is 10.5 Å². The van der Waals surface area contributed by atoms with E-state index in [1.165, 1.54) is 0 Å². The molecule has 0 spiro atoms. The summed E-state index contributed by atoms with van der Waals surface area (Å²) in [6.07, 6.45) is 5.84. The van der Waals surface area contributed by atoms with E-state index >= 15 is 0 Å². The van der Waals surface area contributed by atoms with Gasteiger partial charge < -0.3 is 20.1 Å². The lowest BCUT2D eigenvalue weighted by molar-refractivity contribution is 0.150. The second-order valence-electron chi connectivity index (χ2n) is 5.58. The Labute approximate surface area is 127 Å². The van der Waals surface area contributed by atoms with Crippen molar-refractivity contribution in [1.29, 1.82) is 0 Å². The fourth-order valence-corrected chi connectivity index (χ4v) is 2.44. The zero-order chi connectivity index (χ0) is 15.2. The van der Waals surface area contributed by atoms with E-state index in [2.05, 4.69) is 24.8 Å². The van der Waals surface area contributed by atoms with E-state index in [0.717, 1.165) is 55.1 Å². The summed E-state index contributed by atoms with van der Waals surface area (Å²) in [4.78, 5) is 2.26. The second kappa shape index (κ2) is 7.25. The minimum absolute atomic E-state index is 0.174. The Bertz CT molecular complexity index is 500.